The first-order valence-corrected chi connectivity index (χ1v) is 15.5. The number of fused-ring (bicyclic) bond motifs is 1. The largest absolute Gasteiger partial charge is 0.506 e. The van der Waals surface area contributed by atoms with Crippen molar-refractivity contribution in [3.8, 4) is 17.2 Å². The number of amides is 1. The Labute approximate surface area is 283 Å². The van der Waals surface area contributed by atoms with Crippen molar-refractivity contribution >= 4 is 34.2 Å². The number of carbonyl (C=O) groups is 2. The number of aromatic nitrogens is 1. The molecule has 0 aliphatic rings. The topological polar surface area (TPSA) is 121 Å². The molecule has 0 saturated carbocycles. The number of esters is 1. The number of anilines is 2. The van der Waals surface area contributed by atoms with Gasteiger partial charge in [0.1, 0.15) is 34.2 Å². The normalized spacial score (nSPS) is 11.2. The molecule has 10 nitrogen and oxygen atoms in total. The van der Waals surface area contributed by atoms with Crippen LogP contribution in [-0.2, 0) is 17.8 Å². The first-order chi connectivity index (χ1) is 23.3. The summed E-state index contributed by atoms with van der Waals surface area (Å²) in [7, 11) is 4.72. The molecule has 4 aromatic carbocycles. The number of halogens is 1. The molecule has 0 atom stereocenters. The van der Waals surface area contributed by atoms with Gasteiger partial charge < -0.3 is 34.1 Å². The minimum absolute atomic E-state index is 0.0416. The molecule has 0 aliphatic carbocycles. The van der Waals surface area contributed by atoms with Crippen LogP contribution in [0.25, 0.3) is 10.9 Å². The van der Waals surface area contributed by atoms with E-state index in [-0.39, 0.29) is 23.0 Å². The van der Waals surface area contributed by atoms with Crippen LogP contribution >= 0.6 is 0 Å². The Morgan fingerprint density at radius 2 is 1.59 bits per heavy atom. The first-order valence-electron chi connectivity index (χ1n) is 15.5. The monoisotopic (exact) mass is 667 g/mol. The molecular weight excluding hydrogens is 629 g/mol. The number of hydrogen-bond donors (Lipinski definition) is 2. The van der Waals surface area contributed by atoms with Crippen LogP contribution in [0.2, 0.25) is 0 Å². The van der Waals surface area contributed by atoms with Crippen molar-refractivity contribution in [2.75, 3.05) is 31.1 Å². The second-order valence-electron chi connectivity index (χ2n) is 12.5. The molecular formula is C38H38FN3O7. The predicted octanol–water partition coefficient (Wildman–Crippen LogP) is 6.83. The second-order valence-corrected chi connectivity index (χ2v) is 12.5. The van der Waals surface area contributed by atoms with E-state index in [4.69, 9.17) is 14.2 Å². The van der Waals surface area contributed by atoms with Gasteiger partial charge in [-0.1, -0.05) is 30.3 Å². The fourth-order valence-electron chi connectivity index (χ4n) is 5.45. The van der Waals surface area contributed by atoms with Gasteiger partial charge in [-0.05, 0) is 74.9 Å². The van der Waals surface area contributed by atoms with Gasteiger partial charge in [-0.2, -0.15) is 0 Å². The van der Waals surface area contributed by atoms with Gasteiger partial charge in [0.05, 0.1) is 37.5 Å². The lowest BCUT2D eigenvalue weighted by molar-refractivity contribution is 0.00694. The van der Waals surface area contributed by atoms with E-state index in [0.717, 1.165) is 11.6 Å². The van der Waals surface area contributed by atoms with E-state index in [2.05, 4.69) is 4.98 Å². The molecule has 49 heavy (non-hydrogen) atoms. The van der Waals surface area contributed by atoms with Crippen LogP contribution in [0.3, 0.4) is 0 Å². The molecule has 0 unspecified atom stereocenters. The van der Waals surface area contributed by atoms with Crippen molar-refractivity contribution in [2.24, 2.45) is 0 Å². The van der Waals surface area contributed by atoms with Crippen molar-refractivity contribution < 1.29 is 33.3 Å². The third-order valence-corrected chi connectivity index (χ3v) is 7.81. The summed E-state index contributed by atoms with van der Waals surface area (Å²) in [5, 5.41) is 11.5. The number of pyridine rings is 1. The van der Waals surface area contributed by atoms with E-state index in [1.54, 1.807) is 50.9 Å². The zero-order chi connectivity index (χ0) is 35.5. The third-order valence-electron chi connectivity index (χ3n) is 7.81. The summed E-state index contributed by atoms with van der Waals surface area (Å²) in [6.07, 6.45) is 0. The highest BCUT2D eigenvalue weighted by Gasteiger charge is 2.29. The second kappa shape index (κ2) is 14.1. The van der Waals surface area contributed by atoms with Crippen molar-refractivity contribution in [1.29, 1.82) is 0 Å². The maximum absolute atomic E-state index is 15.1. The maximum atomic E-state index is 15.1. The summed E-state index contributed by atoms with van der Waals surface area (Å²) < 4.78 is 31.4. The molecule has 0 spiro atoms. The van der Waals surface area contributed by atoms with E-state index in [1.165, 1.54) is 49.5 Å². The number of aromatic amines is 1. The average Bonchev–Trinajstić information content (AvgIpc) is 3.07. The summed E-state index contributed by atoms with van der Waals surface area (Å²) in [5.74, 6) is -1.82. The number of aromatic hydroxyl groups is 1. The lowest BCUT2D eigenvalue weighted by Crippen LogP contribution is -2.35. The van der Waals surface area contributed by atoms with Crippen LogP contribution in [-0.4, -0.2) is 48.8 Å². The molecule has 5 rings (SSSR count). The van der Waals surface area contributed by atoms with Gasteiger partial charge in [0.25, 0.3) is 11.5 Å². The zero-order valence-electron chi connectivity index (χ0n) is 28.2. The Kier molecular flexibility index (Phi) is 9.93. The average molecular weight is 668 g/mol. The highest BCUT2D eigenvalue weighted by Crippen LogP contribution is 2.35. The van der Waals surface area contributed by atoms with Gasteiger partial charge in [-0.3, -0.25) is 9.59 Å². The van der Waals surface area contributed by atoms with Crippen LogP contribution < -0.4 is 24.8 Å². The van der Waals surface area contributed by atoms with E-state index in [0.29, 0.717) is 35.0 Å². The highest BCUT2D eigenvalue weighted by molar-refractivity contribution is 6.11. The van der Waals surface area contributed by atoms with Crippen LogP contribution in [0.5, 0.6) is 17.2 Å². The molecule has 0 bridgehead atoms. The summed E-state index contributed by atoms with van der Waals surface area (Å²) in [6.45, 7) is 5.55. The number of nitrogens with zero attached hydrogens (tertiary/aromatic N) is 2. The smallest absolute Gasteiger partial charge is 0.338 e. The summed E-state index contributed by atoms with van der Waals surface area (Å²) in [6, 6.07) is 23.0. The van der Waals surface area contributed by atoms with E-state index in [9.17, 15) is 19.5 Å². The van der Waals surface area contributed by atoms with Gasteiger partial charge in [0.15, 0.2) is 0 Å². The number of hydrogen-bond acceptors (Lipinski definition) is 8. The standard InChI is InChI=1S/C38H38FN3O7/c1-38(2,3)49-37(46)24-12-15-27(16-13-24)42(22-25-14-17-28(47-5)20-31(25)48-6)36(45)32-34(43)29-18-26(39)19-30(33(29)40-35(32)44)41(4)21-23-10-8-7-9-11-23/h7-20H,21-22H2,1-6H3,(H2,40,43,44). The number of ether oxygens (including phenoxy) is 3. The summed E-state index contributed by atoms with van der Waals surface area (Å²) in [5.41, 5.74) is 0.382. The Balaban J connectivity index is 1.60. The molecule has 0 radical (unpaired) electrons. The van der Waals surface area contributed by atoms with Gasteiger partial charge >= 0.3 is 5.97 Å². The van der Waals surface area contributed by atoms with Gasteiger partial charge in [0, 0.05) is 36.3 Å². The first kappa shape index (κ1) is 34.5. The summed E-state index contributed by atoms with van der Waals surface area (Å²) in [4.78, 5) is 46.5. The molecule has 254 valence electrons. The minimum atomic E-state index is -0.869. The Bertz CT molecular complexity index is 2060. The molecule has 1 heterocycles. The number of carbonyl (C=O) groups excluding carboxylic acids is 2. The lowest BCUT2D eigenvalue weighted by atomic mass is 10.1. The number of benzene rings is 4. The van der Waals surface area contributed by atoms with Crippen molar-refractivity contribution in [3.63, 3.8) is 0 Å². The molecule has 0 aliphatic heterocycles. The quantitative estimate of drug-likeness (QED) is 0.156. The molecule has 0 saturated heterocycles. The van der Waals surface area contributed by atoms with Gasteiger partial charge in [0.2, 0.25) is 0 Å². The summed E-state index contributed by atoms with van der Waals surface area (Å²) >= 11 is 0. The fourth-order valence-corrected chi connectivity index (χ4v) is 5.45. The Morgan fingerprint density at radius 1 is 0.898 bits per heavy atom. The molecule has 2 N–H and O–H groups in total. The molecule has 1 amide bonds. The maximum Gasteiger partial charge on any atom is 0.338 e. The number of nitrogens with one attached hydrogen (secondary N) is 1. The van der Waals surface area contributed by atoms with Crippen LogP contribution in [0.4, 0.5) is 15.8 Å². The van der Waals surface area contributed by atoms with Crippen LogP contribution in [0.15, 0.2) is 89.7 Å². The molecule has 11 heteroatoms. The SMILES string of the molecule is COc1ccc(CN(C(=O)c2c(O)c3cc(F)cc(N(C)Cc4ccccc4)c3[nH]c2=O)c2ccc(C(=O)OC(C)(C)C)cc2)c(OC)c1. The highest BCUT2D eigenvalue weighted by atomic mass is 19.1. The van der Waals surface area contributed by atoms with E-state index < -0.39 is 40.2 Å². The third kappa shape index (κ3) is 7.67. The molecule has 1 aromatic heterocycles. The predicted molar refractivity (Wildman–Crippen MR) is 186 cm³/mol. The van der Waals surface area contributed by atoms with Gasteiger partial charge in [-0.15, -0.1) is 0 Å². The molecule has 5 aromatic rings. The number of methoxy groups -OCH3 is 2. The Hall–Kier alpha value is -5.84. The Morgan fingerprint density at radius 3 is 2.22 bits per heavy atom. The van der Waals surface area contributed by atoms with Crippen molar-refractivity contribution in [3.05, 3.63) is 123 Å². The molecule has 0 fully saturated rings. The zero-order valence-corrected chi connectivity index (χ0v) is 28.2. The van der Waals surface area contributed by atoms with Gasteiger partial charge in [-0.25, -0.2) is 9.18 Å². The van der Waals surface area contributed by atoms with Crippen molar-refractivity contribution in [2.45, 2.75) is 39.5 Å². The minimum Gasteiger partial charge on any atom is -0.506 e. The number of rotatable bonds is 10. The van der Waals surface area contributed by atoms with Crippen LogP contribution in [0, 0.1) is 5.82 Å². The number of H-pyrrole nitrogens is 1. The lowest BCUT2D eigenvalue weighted by Gasteiger charge is -2.25. The fraction of sp³-hybridized carbons (Fsp3) is 0.237. The van der Waals surface area contributed by atoms with E-state index in [1.807, 2.05) is 30.3 Å². The van der Waals surface area contributed by atoms with Crippen molar-refractivity contribution in [1.82, 2.24) is 4.98 Å². The van der Waals surface area contributed by atoms with E-state index >= 15 is 4.39 Å². The van der Waals surface area contributed by atoms with Crippen LogP contribution in [0.1, 0.15) is 52.6 Å².